The molecule has 0 aliphatic heterocycles. The number of nitro benzene ring substituents is 1. The second-order valence-corrected chi connectivity index (χ2v) is 8.90. The van der Waals surface area contributed by atoms with Crippen LogP contribution in [0, 0.1) is 17.0 Å². The predicted octanol–water partition coefficient (Wildman–Crippen LogP) is 5.73. The number of unbranched alkanes of at least 4 members (excludes halogenated alkanes) is 3. The maximum atomic E-state index is 13.7. The number of aryl methyl sites for hydroxylation is 1. The molecule has 0 unspecified atom stereocenters. The Bertz CT molecular complexity index is 1670. The minimum Gasteiger partial charge on any atom is -0.296 e. The van der Waals surface area contributed by atoms with Crippen molar-refractivity contribution in [3.63, 3.8) is 0 Å². The Labute approximate surface area is 205 Å². The number of nitrogens with zero attached hydrogens (tertiary/aromatic N) is 6. The number of para-hydroxylation sites is 2. The fraction of sp³-hybridized carbons (Fsp3) is 0.280. The van der Waals surface area contributed by atoms with Crippen molar-refractivity contribution >= 4 is 50.5 Å². The first-order valence-corrected chi connectivity index (χ1v) is 11.9. The molecule has 9 nitrogen and oxygen atoms in total. The molecule has 10 heteroatoms. The SMILES string of the molecule is CCCCCCn1c(C)nc2c(c1=O)c1nc3ccccc3nc1n2-c1ccc(Cl)c([N+](=O)[O-])c1. The molecule has 0 amide bonds. The average molecular weight is 491 g/mol. The summed E-state index contributed by atoms with van der Waals surface area (Å²) in [6.45, 7) is 4.50. The van der Waals surface area contributed by atoms with E-state index in [4.69, 9.17) is 26.6 Å². The van der Waals surface area contributed by atoms with E-state index in [0.717, 1.165) is 25.7 Å². The summed E-state index contributed by atoms with van der Waals surface area (Å²) in [6, 6.07) is 11.9. The van der Waals surface area contributed by atoms with E-state index in [9.17, 15) is 14.9 Å². The molecular formula is C25H23ClN6O3. The number of hydrogen-bond acceptors (Lipinski definition) is 6. The summed E-state index contributed by atoms with van der Waals surface area (Å²) < 4.78 is 3.34. The molecule has 0 radical (unpaired) electrons. The zero-order chi connectivity index (χ0) is 24.7. The summed E-state index contributed by atoms with van der Waals surface area (Å²) in [5.41, 5.74) is 2.46. The molecular weight excluding hydrogens is 468 g/mol. The molecule has 35 heavy (non-hydrogen) atoms. The fourth-order valence-corrected chi connectivity index (χ4v) is 4.60. The van der Waals surface area contributed by atoms with Gasteiger partial charge >= 0.3 is 0 Å². The minimum atomic E-state index is -0.539. The first kappa shape index (κ1) is 22.9. The summed E-state index contributed by atoms with van der Waals surface area (Å²) in [5, 5.41) is 11.9. The van der Waals surface area contributed by atoms with Crippen LogP contribution in [0.5, 0.6) is 0 Å². The zero-order valence-electron chi connectivity index (χ0n) is 19.4. The second kappa shape index (κ2) is 9.07. The van der Waals surface area contributed by atoms with Crippen molar-refractivity contribution in [2.75, 3.05) is 0 Å². The third-order valence-electron chi connectivity index (χ3n) is 6.17. The molecule has 0 saturated carbocycles. The number of fused-ring (bicyclic) bond motifs is 4. The molecule has 3 heterocycles. The summed E-state index contributed by atoms with van der Waals surface area (Å²) in [7, 11) is 0. The quantitative estimate of drug-likeness (QED) is 0.163. The van der Waals surface area contributed by atoms with Crippen molar-refractivity contribution < 1.29 is 4.92 Å². The number of hydrogen-bond donors (Lipinski definition) is 0. The Morgan fingerprint density at radius 1 is 1.00 bits per heavy atom. The third-order valence-corrected chi connectivity index (χ3v) is 6.49. The average Bonchev–Trinajstić information content (AvgIpc) is 3.15. The van der Waals surface area contributed by atoms with Crippen LogP contribution in [-0.4, -0.2) is 29.0 Å². The van der Waals surface area contributed by atoms with Crippen molar-refractivity contribution in [1.82, 2.24) is 24.1 Å². The monoisotopic (exact) mass is 490 g/mol. The van der Waals surface area contributed by atoms with Crippen LogP contribution in [0.2, 0.25) is 5.02 Å². The van der Waals surface area contributed by atoms with Crippen LogP contribution >= 0.6 is 11.6 Å². The highest BCUT2D eigenvalue weighted by Gasteiger charge is 2.24. The van der Waals surface area contributed by atoms with Crippen LogP contribution in [0.15, 0.2) is 47.3 Å². The zero-order valence-corrected chi connectivity index (χ0v) is 20.1. The molecule has 0 bridgehead atoms. The summed E-state index contributed by atoms with van der Waals surface area (Å²) in [5.74, 6) is 0.566. The van der Waals surface area contributed by atoms with Gasteiger partial charge in [-0.15, -0.1) is 0 Å². The standard InChI is InChI=1S/C25H23ClN6O3/c1-3-4-5-8-13-30-15(2)27-23-21(25(30)33)22-24(29-19-10-7-6-9-18(19)28-22)31(23)16-11-12-17(26)20(14-16)32(34)35/h6-7,9-12,14H,3-5,8,13H2,1-2H3. The highest BCUT2D eigenvalue weighted by atomic mass is 35.5. The van der Waals surface area contributed by atoms with Gasteiger partial charge in [0.2, 0.25) is 0 Å². The molecule has 0 aliphatic carbocycles. The molecule has 5 aromatic rings. The molecule has 2 aromatic carbocycles. The van der Waals surface area contributed by atoms with E-state index < -0.39 is 4.92 Å². The van der Waals surface area contributed by atoms with Crippen LogP contribution in [0.3, 0.4) is 0 Å². The normalized spacial score (nSPS) is 11.6. The van der Waals surface area contributed by atoms with Gasteiger partial charge in [0.15, 0.2) is 11.3 Å². The minimum absolute atomic E-state index is 0.0228. The number of halogens is 1. The van der Waals surface area contributed by atoms with Crippen molar-refractivity contribution in [2.45, 2.75) is 46.1 Å². The lowest BCUT2D eigenvalue weighted by Gasteiger charge is -2.11. The highest BCUT2D eigenvalue weighted by molar-refractivity contribution is 6.32. The highest BCUT2D eigenvalue weighted by Crippen LogP contribution is 2.32. The molecule has 0 saturated heterocycles. The van der Waals surface area contributed by atoms with Crippen LogP contribution in [0.4, 0.5) is 5.69 Å². The topological polar surface area (TPSA) is 109 Å². The third kappa shape index (κ3) is 3.91. The van der Waals surface area contributed by atoms with Gasteiger partial charge in [0.25, 0.3) is 11.2 Å². The van der Waals surface area contributed by atoms with E-state index in [1.165, 1.54) is 12.1 Å². The Morgan fingerprint density at radius 3 is 2.46 bits per heavy atom. The molecule has 0 aliphatic rings. The molecule has 5 rings (SSSR count). The van der Waals surface area contributed by atoms with Gasteiger partial charge in [-0.3, -0.25) is 24.0 Å². The summed E-state index contributed by atoms with van der Waals surface area (Å²) in [4.78, 5) is 39.1. The molecule has 0 fully saturated rings. The van der Waals surface area contributed by atoms with E-state index in [1.54, 1.807) is 22.1 Å². The summed E-state index contributed by atoms with van der Waals surface area (Å²) >= 11 is 6.06. The Morgan fingerprint density at radius 2 is 1.74 bits per heavy atom. The molecule has 0 N–H and O–H groups in total. The van der Waals surface area contributed by atoms with E-state index in [1.807, 2.05) is 24.3 Å². The molecule has 0 spiro atoms. The fourth-order valence-electron chi connectivity index (χ4n) is 4.42. The first-order valence-electron chi connectivity index (χ1n) is 11.5. The van der Waals surface area contributed by atoms with Crippen LogP contribution < -0.4 is 5.56 Å². The molecule has 178 valence electrons. The van der Waals surface area contributed by atoms with E-state index in [2.05, 4.69) is 6.92 Å². The van der Waals surface area contributed by atoms with Crippen LogP contribution in [0.1, 0.15) is 38.4 Å². The van der Waals surface area contributed by atoms with Crippen LogP contribution in [0.25, 0.3) is 38.9 Å². The number of rotatable bonds is 7. The summed E-state index contributed by atoms with van der Waals surface area (Å²) in [6.07, 6.45) is 4.11. The maximum Gasteiger partial charge on any atom is 0.289 e. The van der Waals surface area contributed by atoms with Crippen molar-refractivity contribution in [2.24, 2.45) is 0 Å². The largest absolute Gasteiger partial charge is 0.296 e. The van der Waals surface area contributed by atoms with Crippen LogP contribution in [-0.2, 0) is 6.54 Å². The van der Waals surface area contributed by atoms with Gasteiger partial charge in [-0.25, -0.2) is 15.0 Å². The molecule has 3 aromatic heterocycles. The lowest BCUT2D eigenvalue weighted by Crippen LogP contribution is -2.24. The number of benzene rings is 2. The Balaban J connectivity index is 1.85. The first-order chi connectivity index (χ1) is 16.9. The van der Waals surface area contributed by atoms with Gasteiger partial charge in [-0.1, -0.05) is 49.9 Å². The maximum absolute atomic E-state index is 13.7. The van der Waals surface area contributed by atoms with Crippen molar-refractivity contribution in [3.8, 4) is 5.69 Å². The lowest BCUT2D eigenvalue weighted by atomic mass is 10.2. The number of aromatic nitrogens is 5. The van der Waals surface area contributed by atoms with Crippen molar-refractivity contribution in [1.29, 1.82) is 0 Å². The second-order valence-electron chi connectivity index (χ2n) is 8.49. The Hall–Kier alpha value is -3.85. The van der Waals surface area contributed by atoms with Gasteiger partial charge in [-0.05, 0) is 37.6 Å². The smallest absolute Gasteiger partial charge is 0.289 e. The van der Waals surface area contributed by atoms with Gasteiger partial charge in [0.05, 0.1) is 21.6 Å². The lowest BCUT2D eigenvalue weighted by molar-refractivity contribution is -0.384. The van der Waals surface area contributed by atoms with Gasteiger partial charge in [-0.2, -0.15) is 0 Å². The van der Waals surface area contributed by atoms with Gasteiger partial charge < -0.3 is 0 Å². The van der Waals surface area contributed by atoms with E-state index >= 15 is 0 Å². The van der Waals surface area contributed by atoms with Gasteiger partial charge in [0.1, 0.15) is 21.7 Å². The van der Waals surface area contributed by atoms with E-state index in [-0.39, 0.29) is 16.3 Å². The van der Waals surface area contributed by atoms with E-state index in [0.29, 0.717) is 51.3 Å². The van der Waals surface area contributed by atoms with Crippen molar-refractivity contribution in [3.05, 3.63) is 73.8 Å². The molecule has 0 atom stereocenters. The Kier molecular flexibility index (Phi) is 5.94. The number of nitro groups is 1. The van der Waals surface area contributed by atoms with Gasteiger partial charge in [0, 0.05) is 12.6 Å². The predicted molar refractivity (Wildman–Crippen MR) is 136 cm³/mol.